The van der Waals surface area contributed by atoms with Crippen LogP contribution in [0.5, 0.6) is 0 Å². The number of aliphatic hydroxyl groups is 9. The van der Waals surface area contributed by atoms with Gasteiger partial charge in [-0.05, 0) is 64.0 Å². The SMILES string of the molecule is CSC(C)C(COCCC(=O)NCCCNC(=O)CCCCO[C@@H]1OC(CO)[C@@H](O)C(O)C1NC(C)=O)(COCCC(=O)NCCCNC(=O)CCCCO[C@@H]1OC(CO)[C@@H](O)C(O)C1NC(C)=O)COCCC(=O)NCCCNC(=O)CCCCO[C@@H]1OC(CO)[C@@H](O)C(O)C1NC(C)=O. The van der Waals surface area contributed by atoms with E-state index in [4.69, 9.17) is 42.6 Å². The lowest BCUT2D eigenvalue weighted by molar-refractivity contribution is -0.270. The van der Waals surface area contributed by atoms with Gasteiger partial charge in [-0.2, -0.15) is 11.8 Å². The minimum atomic E-state index is -1.44. The summed E-state index contributed by atoms with van der Waals surface area (Å²) in [5, 5.41) is 115. The van der Waals surface area contributed by atoms with Gasteiger partial charge in [-0.25, -0.2) is 0 Å². The van der Waals surface area contributed by atoms with Crippen molar-refractivity contribution in [2.45, 2.75) is 221 Å². The Labute approximate surface area is 593 Å². The summed E-state index contributed by atoms with van der Waals surface area (Å²) in [6, 6.07) is -3.22. The molecule has 0 radical (unpaired) electrons. The van der Waals surface area contributed by atoms with Gasteiger partial charge >= 0.3 is 0 Å². The van der Waals surface area contributed by atoms with Crippen LogP contribution in [0.4, 0.5) is 0 Å². The first kappa shape index (κ1) is 90.1. The lowest BCUT2D eigenvalue weighted by atomic mass is 9.87. The first-order chi connectivity index (χ1) is 48.3. The molecule has 3 aliphatic rings. The van der Waals surface area contributed by atoms with Crippen molar-refractivity contribution in [1.29, 1.82) is 0 Å². The van der Waals surface area contributed by atoms with Gasteiger partial charge in [0.05, 0.1) is 64.9 Å². The highest BCUT2D eigenvalue weighted by Gasteiger charge is 2.48. The highest BCUT2D eigenvalue weighted by Crippen LogP contribution is 2.33. The van der Waals surface area contributed by atoms with E-state index in [1.807, 2.05) is 13.2 Å². The Morgan fingerprint density at radius 1 is 0.376 bits per heavy atom. The highest BCUT2D eigenvalue weighted by molar-refractivity contribution is 7.99. The molecule has 3 fully saturated rings. The van der Waals surface area contributed by atoms with Gasteiger partial charge in [-0.3, -0.25) is 43.2 Å². The second kappa shape index (κ2) is 51.1. The molecule has 0 bridgehead atoms. The Bertz CT molecular complexity index is 2190. The van der Waals surface area contributed by atoms with E-state index in [2.05, 4.69) is 47.9 Å². The van der Waals surface area contributed by atoms with Gasteiger partial charge in [0.15, 0.2) is 18.9 Å². The van der Waals surface area contributed by atoms with Gasteiger partial charge in [0, 0.05) is 124 Å². The molecule has 3 aliphatic heterocycles. The smallest absolute Gasteiger partial charge is 0.222 e. The zero-order valence-electron chi connectivity index (χ0n) is 58.9. The molecule has 10 unspecified atom stereocenters. The van der Waals surface area contributed by atoms with Gasteiger partial charge in [-0.15, -0.1) is 0 Å². The van der Waals surface area contributed by atoms with Crippen molar-refractivity contribution >= 4 is 64.9 Å². The molecule has 3 saturated heterocycles. The van der Waals surface area contributed by atoms with Crippen LogP contribution in [0.2, 0.25) is 0 Å². The number of unbranched alkanes of at least 4 members (excludes halogenated alkanes) is 3. The number of amides is 9. The number of rotatable bonds is 53. The fourth-order valence-corrected chi connectivity index (χ4v) is 11.5. The largest absolute Gasteiger partial charge is 0.394 e. The molecule has 36 nitrogen and oxygen atoms in total. The average Bonchev–Trinajstić information content (AvgIpc) is 0.823. The van der Waals surface area contributed by atoms with Crippen molar-refractivity contribution < 1.29 is 132 Å². The number of hydrogen-bond donors (Lipinski definition) is 18. The van der Waals surface area contributed by atoms with Gasteiger partial charge in [0.1, 0.15) is 73.1 Å². The van der Waals surface area contributed by atoms with Gasteiger partial charge in [0.25, 0.3) is 0 Å². The molecule has 37 heteroatoms. The van der Waals surface area contributed by atoms with Crippen molar-refractivity contribution in [3.63, 3.8) is 0 Å². The zero-order chi connectivity index (χ0) is 74.7. The molecule has 0 aromatic carbocycles. The molecule has 101 heavy (non-hydrogen) atoms. The van der Waals surface area contributed by atoms with Crippen molar-refractivity contribution in [1.82, 2.24) is 47.9 Å². The monoisotopic (exact) mass is 1470 g/mol. The second-order valence-electron chi connectivity index (χ2n) is 25.1. The first-order valence-electron chi connectivity index (χ1n) is 34.7. The van der Waals surface area contributed by atoms with E-state index in [1.165, 1.54) is 32.5 Å². The van der Waals surface area contributed by atoms with Gasteiger partial charge < -0.3 is 136 Å². The molecular formula is C64H115N9O27S. The minimum Gasteiger partial charge on any atom is -0.394 e. The second-order valence-corrected chi connectivity index (χ2v) is 26.3. The van der Waals surface area contributed by atoms with Crippen molar-refractivity contribution in [3.05, 3.63) is 0 Å². The molecule has 0 aliphatic carbocycles. The molecule has 0 saturated carbocycles. The minimum absolute atomic E-state index is 0.0121. The third-order valence-corrected chi connectivity index (χ3v) is 18.0. The molecule has 0 aromatic heterocycles. The summed E-state index contributed by atoms with van der Waals surface area (Å²) in [5.74, 6) is -2.95. The average molecular weight is 1470 g/mol. The van der Waals surface area contributed by atoms with E-state index in [-0.39, 0.29) is 158 Å². The molecule has 584 valence electrons. The standard InChI is InChI=1S/C64H115N9O27S/c1-39(101-5)64(36-92-30-18-49(83)68-24-12-21-65-46(80)15-6-9-27-95-61-52(71-40(2)77)58(89)55(86)43(33-74)98-61,37-93-31-19-50(84)69-25-13-22-66-47(81)16-7-10-28-96-62-53(72-41(3)78)59(90)56(87)44(34-75)99-62)38-94-32-20-51(85)70-26-14-23-67-48(82)17-8-11-29-97-63-54(73-42(4)79)60(91)57(88)45(35-76)100-63/h39,43-45,52-63,74-76,86-91H,6-38H2,1-5H3,(H,65,80)(H,66,81)(H,67,82)(H,68,83)(H,69,84)(H,70,85)(H,71,77)(H,72,78)(H,73,79)/t39?,43?,44?,45?,52?,53?,54?,55-,56-,57-,58?,59?,60?,61-,62-,63-,64?/m1/s1. The van der Waals surface area contributed by atoms with E-state index in [9.17, 15) is 89.1 Å². The summed E-state index contributed by atoms with van der Waals surface area (Å²) in [7, 11) is 0. The van der Waals surface area contributed by atoms with Gasteiger partial charge in [0.2, 0.25) is 53.2 Å². The predicted octanol–water partition coefficient (Wildman–Crippen LogP) is -5.80. The van der Waals surface area contributed by atoms with E-state index < -0.39 is 135 Å². The number of carbonyl (C=O) groups excluding carboxylic acids is 9. The van der Waals surface area contributed by atoms with E-state index in [0.29, 0.717) is 77.4 Å². The Hall–Kier alpha value is -5.14. The number of nitrogens with one attached hydrogen (secondary N) is 9. The Morgan fingerprint density at radius 3 is 0.851 bits per heavy atom. The molecule has 9 amide bonds. The summed E-state index contributed by atoms with van der Waals surface area (Å²) in [6.45, 7) is 6.30. The third kappa shape index (κ3) is 35.0. The molecular weight excluding hydrogens is 1360 g/mol. The molecule has 3 rings (SSSR count). The van der Waals surface area contributed by atoms with Crippen LogP contribution in [0.3, 0.4) is 0 Å². The maximum absolute atomic E-state index is 12.9. The van der Waals surface area contributed by atoms with Crippen LogP contribution in [0.15, 0.2) is 0 Å². The fraction of sp³-hybridized carbons (Fsp3) is 0.859. The summed E-state index contributed by atoms with van der Waals surface area (Å²) in [6.07, 6.45) is -9.01. The molecule has 3 heterocycles. The summed E-state index contributed by atoms with van der Waals surface area (Å²) in [4.78, 5) is 111. The number of hydrogen-bond acceptors (Lipinski definition) is 28. The van der Waals surface area contributed by atoms with Crippen LogP contribution in [0, 0.1) is 5.41 Å². The van der Waals surface area contributed by atoms with Crippen molar-refractivity contribution in [2.24, 2.45) is 5.41 Å². The number of aliphatic hydroxyl groups excluding tert-OH is 9. The molecule has 0 spiro atoms. The van der Waals surface area contributed by atoms with E-state index in [0.717, 1.165) is 0 Å². The number of carbonyl (C=O) groups is 9. The highest BCUT2D eigenvalue weighted by atomic mass is 32.2. The lowest BCUT2D eigenvalue weighted by Crippen LogP contribution is -2.64. The molecule has 16 atom stereocenters. The summed E-state index contributed by atoms with van der Waals surface area (Å²) < 4.78 is 52.1. The Kier molecular flexibility index (Phi) is 45.6. The van der Waals surface area contributed by atoms with E-state index >= 15 is 0 Å². The van der Waals surface area contributed by atoms with Gasteiger partial charge in [-0.1, -0.05) is 6.92 Å². The predicted molar refractivity (Wildman–Crippen MR) is 359 cm³/mol. The van der Waals surface area contributed by atoms with E-state index in [1.54, 1.807) is 0 Å². The number of thioether (sulfide) groups is 1. The fourth-order valence-electron chi connectivity index (χ4n) is 10.8. The first-order valence-corrected chi connectivity index (χ1v) is 36.0. The maximum atomic E-state index is 12.9. The van der Waals surface area contributed by atoms with Crippen LogP contribution in [0.1, 0.15) is 124 Å². The Balaban J connectivity index is 1.40. The van der Waals surface area contributed by atoms with Crippen LogP contribution in [-0.4, -0.2) is 321 Å². The van der Waals surface area contributed by atoms with Crippen molar-refractivity contribution in [3.8, 4) is 0 Å². The van der Waals surface area contributed by atoms with Crippen LogP contribution < -0.4 is 47.9 Å². The normalized spacial score (nSPS) is 25.9. The maximum Gasteiger partial charge on any atom is 0.222 e. The zero-order valence-corrected chi connectivity index (χ0v) is 59.7. The van der Waals surface area contributed by atoms with Crippen LogP contribution in [0.25, 0.3) is 0 Å². The quantitative estimate of drug-likeness (QED) is 0.0252. The topological polar surface area (TPSA) is 527 Å². The molecule has 0 aromatic rings. The number of ether oxygens (including phenoxy) is 9. The lowest BCUT2D eigenvalue weighted by Gasteiger charge is -2.42. The Morgan fingerprint density at radius 2 is 0.624 bits per heavy atom. The summed E-state index contributed by atoms with van der Waals surface area (Å²) >= 11 is 1.52. The van der Waals surface area contributed by atoms with Crippen LogP contribution >= 0.6 is 11.8 Å². The molecule has 18 N–H and O–H groups in total. The summed E-state index contributed by atoms with van der Waals surface area (Å²) in [5.41, 5.74) is -0.819. The third-order valence-electron chi connectivity index (χ3n) is 16.8. The van der Waals surface area contributed by atoms with Crippen molar-refractivity contribution in [2.75, 3.05) is 125 Å². The van der Waals surface area contributed by atoms with Crippen LogP contribution in [-0.2, 0) is 85.8 Å².